The van der Waals surface area contributed by atoms with Crippen LogP contribution in [0.5, 0.6) is 5.75 Å². The molecule has 0 amide bonds. The van der Waals surface area contributed by atoms with Crippen LogP contribution in [0, 0.1) is 6.92 Å². The van der Waals surface area contributed by atoms with Crippen LogP contribution in [0.1, 0.15) is 11.1 Å². The second-order valence-corrected chi connectivity index (χ2v) is 4.12. The number of carbonyl (C=O) groups is 1. The molecule has 5 nitrogen and oxygen atoms in total. The van der Waals surface area contributed by atoms with Crippen molar-refractivity contribution in [1.29, 1.82) is 0 Å². The summed E-state index contributed by atoms with van der Waals surface area (Å²) >= 11 is 0. The van der Waals surface area contributed by atoms with Gasteiger partial charge in [0.2, 0.25) is 0 Å². The third-order valence-electron chi connectivity index (χ3n) is 2.55. The van der Waals surface area contributed by atoms with Crippen LogP contribution in [0.4, 0.5) is 0 Å². The number of hydrogen-bond donors (Lipinski definition) is 1. The van der Waals surface area contributed by atoms with Crippen molar-refractivity contribution < 1.29 is 24.1 Å². The van der Waals surface area contributed by atoms with Gasteiger partial charge in [0.15, 0.2) is 0 Å². The van der Waals surface area contributed by atoms with E-state index in [-0.39, 0.29) is 0 Å². The highest BCUT2D eigenvalue weighted by atomic mass is 16.5. The van der Waals surface area contributed by atoms with Gasteiger partial charge in [-0.05, 0) is 18.6 Å². The van der Waals surface area contributed by atoms with Crippen LogP contribution in [-0.2, 0) is 14.3 Å². The second kappa shape index (κ2) is 9.12. The van der Waals surface area contributed by atoms with Crippen LogP contribution in [-0.4, -0.2) is 44.6 Å². The summed E-state index contributed by atoms with van der Waals surface area (Å²) in [7, 11) is 1.62. The summed E-state index contributed by atoms with van der Waals surface area (Å²) in [4.78, 5) is 10.6. The van der Waals surface area contributed by atoms with Crippen LogP contribution in [0.3, 0.4) is 0 Å². The SMILES string of the molecule is COCCOCCOc1c(C)cccc1/C=C/C(=O)O. The molecule has 0 fully saturated rings. The molecule has 0 unspecified atom stereocenters. The number of rotatable bonds is 9. The van der Waals surface area contributed by atoms with E-state index in [1.807, 2.05) is 25.1 Å². The lowest BCUT2D eigenvalue weighted by atomic mass is 10.1. The normalized spacial score (nSPS) is 10.9. The average molecular weight is 280 g/mol. The molecule has 1 aromatic carbocycles. The van der Waals surface area contributed by atoms with Gasteiger partial charge >= 0.3 is 5.97 Å². The monoisotopic (exact) mass is 280 g/mol. The van der Waals surface area contributed by atoms with Crippen molar-refractivity contribution in [2.24, 2.45) is 0 Å². The standard InChI is InChI=1S/C15H20O5/c1-12-4-3-5-13(6-7-14(16)17)15(12)20-11-10-19-9-8-18-2/h3-7H,8-11H2,1-2H3,(H,16,17)/b7-6+. The smallest absolute Gasteiger partial charge is 0.328 e. The third kappa shape index (κ3) is 5.86. The van der Waals surface area contributed by atoms with E-state index >= 15 is 0 Å². The van der Waals surface area contributed by atoms with E-state index in [1.165, 1.54) is 6.08 Å². The first kappa shape index (κ1) is 16.2. The van der Waals surface area contributed by atoms with Gasteiger partial charge in [0, 0.05) is 18.7 Å². The first-order chi connectivity index (χ1) is 9.65. The number of carboxylic acid groups (broad SMARTS) is 1. The number of para-hydroxylation sites is 1. The molecule has 0 aromatic heterocycles. The van der Waals surface area contributed by atoms with E-state index in [9.17, 15) is 4.79 Å². The Kier molecular flexibility index (Phi) is 7.39. The summed E-state index contributed by atoms with van der Waals surface area (Å²) in [6.45, 7) is 3.86. The highest BCUT2D eigenvalue weighted by Gasteiger charge is 2.05. The maximum Gasteiger partial charge on any atom is 0.328 e. The molecular formula is C15H20O5. The Morgan fingerprint density at radius 2 is 2.00 bits per heavy atom. The van der Waals surface area contributed by atoms with Gasteiger partial charge in [-0.2, -0.15) is 0 Å². The first-order valence-electron chi connectivity index (χ1n) is 6.35. The van der Waals surface area contributed by atoms with Crippen molar-refractivity contribution in [1.82, 2.24) is 0 Å². The predicted molar refractivity (Wildman–Crippen MR) is 76.0 cm³/mol. The summed E-state index contributed by atoms with van der Waals surface area (Å²) in [6, 6.07) is 5.59. The van der Waals surface area contributed by atoms with Crippen LogP contribution in [0.25, 0.3) is 6.08 Å². The van der Waals surface area contributed by atoms with E-state index < -0.39 is 5.97 Å². The Labute approximate surface area is 118 Å². The highest BCUT2D eigenvalue weighted by Crippen LogP contribution is 2.24. The van der Waals surface area contributed by atoms with Gasteiger partial charge in [-0.15, -0.1) is 0 Å². The van der Waals surface area contributed by atoms with Gasteiger partial charge in [-0.1, -0.05) is 18.2 Å². The van der Waals surface area contributed by atoms with Crippen molar-refractivity contribution in [3.05, 3.63) is 35.4 Å². The molecule has 110 valence electrons. The van der Waals surface area contributed by atoms with Crippen molar-refractivity contribution in [3.63, 3.8) is 0 Å². The van der Waals surface area contributed by atoms with E-state index in [1.54, 1.807) is 7.11 Å². The lowest BCUT2D eigenvalue weighted by Crippen LogP contribution is -2.11. The van der Waals surface area contributed by atoms with E-state index in [0.717, 1.165) is 17.2 Å². The molecule has 20 heavy (non-hydrogen) atoms. The number of ether oxygens (including phenoxy) is 3. The van der Waals surface area contributed by atoms with Crippen molar-refractivity contribution in [2.45, 2.75) is 6.92 Å². The summed E-state index contributed by atoms with van der Waals surface area (Å²) in [5.74, 6) is -0.305. The lowest BCUT2D eigenvalue weighted by molar-refractivity contribution is -0.131. The molecule has 0 bridgehead atoms. The number of benzene rings is 1. The number of hydrogen-bond acceptors (Lipinski definition) is 4. The first-order valence-corrected chi connectivity index (χ1v) is 6.35. The molecule has 1 rings (SSSR count). The quantitative estimate of drug-likeness (QED) is 0.554. The molecule has 1 aromatic rings. The predicted octanol–water partition coefficient (Wildman–Crippen LogP) is 2.13. The van der Waals surface area contributed by atoms with Crippen molar-refractivity contribution >= 4 is 12.0 Å². The number of carboxylic acids is 1. The van der Waals surface area contributed by atoms with Gasteiger partial charge in [0.05, 0.1) is 19.8 Å². The Bertz CT molecular complexity index is 454. The van der Waals surface area contributed by atoms with Gasteiger partial charge in [-0.25, -0.2) is 4.79 Å². The summed E-state index contributed by atoms with van der Waals surface area (Å²) in [6.07, 6.45) is 2.62. The van der Waals surface area contributed by atoms with Crippen LogP contribution < -0.4 is 4.74 Å². The molecule has 0 aliphatic rings. The molecule has 0 spiro atoms. The van der Waals surface area contributed by atoms with Gasteiger partial charge < -0.3 is 19.3 Å². The largest absolute Gasteiger partial charge is 0.490 e. The summed E-state index contributed by atoms with van der Waals surface area (Å²) < 4.78 is 15.9. The molecule has 0 radical (unpaired) electrons. The number of aryl methyl sites for hydroxylation is 1. The summed E-state index contributed by atoms with van der Waals surface area (Å²) in [5, 5.41) is 8.67. The van der Waals surface area contributed by atoms with Crippen molar-refractivity contribution in [2.75, 3.05) is 33.5 Å². The zero-order valence-electron chi connectivity index (χ0n) is 11.8. The summed E-state index contributed by atoms with van der Waals surface area (Å²) in [5.41, 5.74) is 1.69. The molecule has 0 aliphatic carbocycles. The zero-order valence-corrected chi connectivity index (χ0v) is 11.8. The Morgan fingerprint density at radius 1 is 1.25 bits per heavy atom. The molecule has 1 N–H and O–H groups in total. The highest BCUT2D eigenvalue weighted by molar-refractivity contribution is 5.86. The maximum atomic E-state index is 10.6. The fourth-order valence-corrected chi connectivity index (χ4v) is 1.61. The molecule has 0 saturated heterocycles. The average Bonchev–Trinajstić information content (AvgIpc) is 2.42. The minimum Gasteiger partial charge on any atom is -0.490 e. The van der Waals surface area contributed by atoms with Crippen LogP contribution >= 0.6 is 0 Å². The van der Waals surface area contributed by atoms with Gasteiger partial charge in [-0.3, -0.25) is 0 Å². The zero-order chi connectivity index (χ0) is 14.8. The van der Waals surface area contributed by atoms with Gasteiger partial charge in [0.25, 0.3) is 0 Å². The number of methoxy groups -OCH3 is 1. The minimum atomic E-state index is -0.986. The van der Waals surface area contributed by atoms with Gasteiger partial charge in [0.1, 0.15) is 12.4 Å². The van der Waals surface area contributed by atoms with E-state index in [2.05, 4.69) is 0 Å². The fraction of sp³-hybridized carbons (Fsp3) is 0.400. The molecule has 0 atom stereocenters. The fourth-order valence-electron chi connectivity index (χ4n) is 1.61. The minimum absolute atomic E-state index is 0.405. The third-order valence-corrected chi connectivity index (χ3v) is 2.55. The molecule has 0 saturated carbocycles. The Morgan fingerprint density at radius 3 is 2.70 bits per heavy atom. The maximum absolute atomic E-state index is 10.6. The van der Waals surface area contributed by atoms with E-state index in [4.69, 9.17) is 19.3 Å². The second-order valence-electron chi connectivity index (χ2n) is 4.12. The molecule has 5 heteroatoms. The molecule has 0 aliphatic heterocycles. The van der Waals surface area contributed by atoms with E-state index in [0.29, 0.717) is 32.2 Å². The topological polar surface area (TPSA) is 65.0 Å². The van der Waals surface area contributed by atoms with Crippen molar-refractivity contribution in [3.8, 4) is 5.75 Å². The lowest BCUT2D eigenvalue weighted by Gasteiger charge is -2.12. The molecular weight excluding hydrogens is 260 g/mol. The number of aliphatic carboxylic acids is 1. The van der Waals surface area contributed by atoms with Crippen LogP contribution in [0.2, 0.25) is 0 Å². The van der Waals surface area contributed by atoms with Crippen LogP contribution in [0.15, 0.2) is 24.3 Å². The molecule has 0 heterocycles. The Balaban J connectivity index is 2.57. The Hall–Kier alpha value is -1.85.